The molecule has 0 fully saturated rings. The molecule has 1 atom stereocenters. The third-order valence-corrected chi connectivity index (χ3v) is 3.29. The molecule has 96 valence electrons. The standard InChI is InChI=1S/C16H14O3/c1-18-12-6-4-5-11(9-12)16-10-14(17)13-7-2-3-8-15(13)19-16/h2-9,16H,10H2,1H3/t16-/m1/s1. The van der Waals surface area contributed by atoms with Crippen LogP contribution in [0.3, 0.4) is 0 Å². The summed E-state index contributed by atoms with van der Waals surface area (Å²) >= 11 is 0. The van der Waals surface area contributed by atoms with Gasteiger partial charge in [0, 0.05) is 0 Å². The maximum atomic E-state index is 12.1. The van der Waals surface area contributed by atoms with Crippen LogP contribution < -0.4 is 9.47 Å². The highest BCUT2D eigenvalue weighted by Crippen LogP contribution is 2.35. The Labute approximate surface area is 111 Å². The number of hydrogen-bond donors (Lipinski definition) is 0. The molecule has 0 saturated carbocycles. The Balaban J connectivity index is 1.94. The first-order chi connectivity index (χ1) is 9.28. The lowest BCUT2D eigenvalue weighted by Gasteiger charge is -2.25. The summed E-state index contributed by atoms with van der Waals surface area (Å²) in [5.74, 6) is 1.55. The van der Waals surface area contributed by atoms with Gasteiger partial charge in [-0.05, 0) is 29.8 Å². The van der Waals surface area contributed by atoms with Crippen molar-refractivity contribution in [1.29, 1.82) is 0 Å². The summed E-state index contributed by atoms with van der Waals surface area (Å²) in [4.78, 5) is 12.1. The van der Waals surface area contributed by atoms with Crippen LogP contribution in [0.25, 0.3) is 0 Å². The van der Waals surface area contributed by atoms with Crippen LogP contribution in [0, 0.1) is 0 Å². The third kappa shape index (κ3) is 2.19. The lowest BCUT2D eigenvalue weighted by Crippen LogP contribution is -2.20. The van der Waals surface area contributed by atoms with Crippen LogP contribution in [0.5, 0.6) is 11.5 Å². The molecule has 1 aliphatic heterocycles. The second-order valence-electron chi connectivity index (χ2n) is 4.51. The molecule has 0 unspecified atom stereocenters. The zero-order valence-electron chi connectivity index (χ0n) is 10.6. The normalized spacial score (nSPS) is 17.5. The van der Waals surface area contributed by atoms with Gasteiger partial charge in [-0.3, -0.25) is 4.79 Å². The molecule has 2 aromatic carbocycles. The molecule has 0 amide bonds. The molecule has 0 N–H and O–H groups in total. The number of benzene rings is 2. The van der Waals surface area contributed by atoms with E-state index >= 15 is 0 Å². The summed E-state index contributed by atoms with van der Waals surface area (Å²) in [5.41, 5.74) is 1.63. The van der Waals surface area contributed by atoms with Crippen molar-refractivity contribution in [2.24, 2.45) is 0 Å². The Bertz CT molecular complexity index is 619. The van der Waals surface area contributed by atoms with Gasteiger partial charge in [0.1, 0.15) is 17.6 Å². The van der Waals surface area contributed by atoms with E-state index in [-0.39, 0.29) is 11.9 Å². The largest absolute Gasteiger partial charge is 0.497 e. The number of fused-ring (bicyclic) bond motifs is 1. The lowest BCUT2D eigenvalue weighted by molar-refractivity contribution is 0.0850. The summed E-state index contributed by atoms with van der Waals surface area (Å²) in [7, 11) is 1.63. The predicted molar refractivity (Wildman–Crippen MR) is 71.8 cm³/mol. The van der Waals surface area contributed by atoms with Gasteiger partial charge >= 0.3 is 0 Å². The first-order valence-electron chi connectivity index (χ1n) is 6.21. The van der Waals surface area contributed by atoms with Crippen molar-refractivity contribution in [3.05, 3.63) is 59.7 Å². The third-order valence-electron chi connectivity index (χ3n) is 3.29. The number of hydrogen-bond acceptors (Lipinski definition) is 3. The van der Waals surface area contributed by atoms with Gasteiger partial charge < -0.3 is 9.47 Å². The van der Waals surface area contributed by atoms with E-state index in [1.54, 1.807) is 13.2 Å². The number of carbonyl (C=O) groups is 1. The number of para-hydroxylation sites is 1. The molecule has 2 aromatic rings. The average Bonchev–Trinajstić information content (AvgIpc) is 2.47. The highest BCUT2D eigenvalue weighted by atomic mass is 16.5. The second-order valence-corrected chi connectivity index (χ2v) is 4.51. The van der Waals surface area contributed by atoms with Crippen molar-refractivity contribution in [2.45, 2.75) is 12.5 Å². The van der Waals surface area contributed by atoms with Gasteiger partial charge in [0.25, 0.3) is 0 Å². The molecule has 0 aromatic heterocycles. The van der Waals surface area contributed by atoms with E-state index in [9.17, 15) is 4.79 Å². The Morgan fingerprint density at radius 1 is 1.16 bits per heavy atom. The van der Waals surface area contributed by atoms with Crippen LogP contribution in [0.1, 0.15) is 28.4 Å². The van der Waals surface area contributed by atoms with Crippen molar-refractivity contribution in [3.8, 4) is 11.5 Å². The van der Waals surface area contributed by atoms with Gasteiger partial charge in [0.05, 0.1) is 19.1 Å². The number of ether oxygens (including phenoxy) is 2. The molecule has 0 saturated heterocycles. The molecule has 3 rings (SSSR count). The van der Waals surface area contributed by atoms with Gasteiger partial charge in [-0.2, -0.15) is 0 Å². The zero-order valence-corrected chi connectivity index (χ0v) is 10.6. The average molecular weight is 254 g/mol. The fourth-order valence-electron chi connectivity index (χ4n) is 2.30. The molecular weight excluding hydrogens is 240 g/mol. The lowest BCUT2D eigenvalue weighted by atomic mass is 9.96. The Morgan fingerprint density at radius 3 is 2.84 bits per heavy atom. The molecule has 3 heteroatoms. The molecule has 1 heterocycles. The molecular formula is C16H14O3. The maximum Gasteiger partial charge on any atom is 0.170 e. The highest BCUT2D eigenvalue weighted by Gasteiger charge is 2.27. The minimum Gasteiger partial charge on any atom is -0.497 e. The van der Waals surface area contributed by atoms with Gasteiger partial charge in [-0.1, -0.05) is 24.3 Å². The van der Waals surface area contributed by atoms with E-state index in [0.29, 0.717) is 17.7 Å². The fraction of sp³-hybridized carbons (Fsp3) is 0.188. The first kappa shape index (κ1) is 11.8. The smallest absolute Gasteiger partial charge is 0.170 e. The number of rotatable bonds is 2. The monoisotopic (exact) mass is 254 g/mol. The van der Waals surface area contributed by atoms with Crippen molar-refractivity contribution in [2.75, 3.05) is 7.11 Å². The minimum atomic E-state index is -0.238. The Hall–Kier alpha value is -2.29. The van der Waals surface area contributed by atoms with Crippen molar-refractivity contribution in [3.63, 3.8) is 0 Å². The molecule has 0 bridgehead atoms. The van der Waals surface area contributed by atoms with E-state index in [1.807, 2.05) is 42.5 Å². The van der Waals surface area contributed by atoms with Crippen molar-refractivity contribution in [1.82, 2.24) is 0 Å². The Kier molecular flexibility index (Phi) is 2.95. The molecule has 3 nitrogen and oxygen atoms in total. The van der Waals surface area contributed by atoms with Crippen LogP contribution >= 0.6 is 0 Å². The van der Waals surface area contributed by atoms with E-state index in [1.165, 1.54) is 0 Å². The summed E-state index contributed by atoms with van der Waals surface area (Å²) < 4.78 is 11.1. The SMILES string of the molecule is COc1cccc([C@H]2CC(=O)c3ccccc3O2)c1. The van der Waals surface area contributed by atoms with E-state index in [4.69, 9.17) is 9.47 Å². The van der Waals surface area contributed by atoms with E-state index < -0.39 is 0 Å². The van der Waals surface area contributed by atoms with Crippen LogP contribution in [-0.4, -0.2) is 12.9 Å². The molecule has 0 radical (unpaired) electrons. The maximum absolute atomic E-state index is 12.1. The van der Waals surface area contributed by atoms with Gasteiger partial charge in [-0.15, -0.1) is 0 Å². The Morgan fingerprint density at radius 2 is 2.00 bits per heavy atom. The predicted octanol–water partition coefficient (Wildman–Crippen LogP) is 3.40. The summed E-state index contributed by atoms with van der Waals surface area (Å²) in [5, 5.41) is 0. The zero-order chi connectivity index (χ0) is 13.2. The number of ketones is 1. The summed E-state index contributed by atoms with van der Waals surface area (Å²) in [6, 6.07) is 15.0. The quantitative estimate of drug-likeness (QED) is 0.824. The second kappa shape index (κ2) is 4.76. The number of methoxy groups -OCH3 is 1. The van der Waals surface area contributed by atoms with Crippen LogP contribution in [0.15, 0.2) is 48.5 Å². The summed E-state index contributed by atoms with van der Waals surface area (Å²) in [6.07, 6.45) is 0.127. The van der Waals surface area contributed by atoms with Crippen LogP contribution in [-0.2, 0) is 0 Å². The van der Waals surface area contributed by atoms with Crippen molar-refractivity contribution >= 4 is 5.78 Å². The van der Waals surface area contributed by atoms with Gasteiger partial charge in [-0.25, -0.2) is 0 Å². The van der Waals surface area contributed by atoms with Gasteiger partial charge in [0.2, 0.25) is 0 Å². The highest BCUT2D eigenvalue weighted by molar-refractivity contribution is 5.99. The first-order valence-corrected chi connectivity index (χ1v) is 6.21. The fourth-order valence-corrected chi connectivity index (χ4v) is 2.30. The topological polar surface area (TPSA) is 35.5 Å². The summed E-state index contributed by atoms with van der Waals surface area (Å²) in [6.45, 7) is 0. The number of Topliss-reactive ketones (excluding diaryl/α,β-unsaturated/α-hetero) is 1. The molecule has 19 heavy (non-hydrogen) atoms. The number of carbonyl (C=O) groups excluding carboxylic acids is 1. The van der Waals surface area contributed by atoms with E-state index in [0.717, 1.165) is 11.3 Å². The molecule has 0 spiro atoms. The van der Waals surface area contributed by atoms with Crippen LogP contribution in [0.4, 0.5) is 0 Å². The van der Waals surface area contributed by atoms with Gasteiger partial charge in [0.15, 0.2) is 5.78 Å². The van der Waals surface area contributed by atoms with Crippen molar-refractivity contribution < 1.29 is 14.3 Å². The van der Waals surface area contributed by atoms with Crippen LogP contribution in [0.2, 0.25) is 0 Å². The molecule has 0 aliphatic carbocycles. The van der Waals surface area contributed by atoms with E-state index in [2.05, 4.69) is 0 Å². The molecule has 1 aliphatic rings. The minimum absolute atomic E-state index is 0.120.